The third-order valence-electron chi connectivity index (χ3n) is 2.23. The van der Waals surface area contributed by atoms with Gasteiger partial charge >= 0.3 is 0 Å². The van der Waals surface area contributed by atoms with Gasteiger partial charge in [0.25, 0.3) is 11.6 Å². The van der Waals surface area contributed by atoms with Crippen LogP contribution in [0.15, 0.2) is 24.5 Å². The van der Waals surface area contributed by atoms with Crippen molar-refractivity contribution >= 4 is 17.3 Å². The number of hydrogen-bond donors (Lipinski definition) is 2. The van der Waals surface area contributed by atoms with E-state index in [9.17, 15) is 14.9 Å². The van der Waals surface area contributed by atoms with Crippen LogP contribution in [0.5, 0.6) is 0 Å². The summed E-state index contributed by atoms with van der Waals surface area (Å²) in [6.07, 6.45) is 1.18. The number of rotatable bonds is 3. The number of aryl methyl sites for hydroxylation is 1. The third kappa shape index (κ3) is 2.32. The molecule has 0 aliphatic rings. The molecule has 92 valence electrons. The van der Waals surface area contributed by atoms with Gasteiger partial charge in [-0.15, -0.1) is 0 Å². The van der Waals surface area contributed by atoms with Crippen molar-refractivity contribution in [1.29, 1.82) is 0 Å². The van der Waals surface area contributed by atoms with Crippen LogP contribution in [0.2, 0.25) is 0 Å². The normalized spacial score (nSPS) is 10.1. The molecule has 0 unspecified atom stereocenters. The largest absolute Gasteiger partial charge is 0.313 e. The fourth-order valence-corrected chi connectivity index (χ4v) is 1.41. The Morgan fingerprint density at radius 2 is 2.28 bits per heavy atom. The van der Waals surface area contributed by atoms with E-state index < -0.39 is 10.8 Å². The molecule has 2 N–H and O–H groups in total. The zero-order chi connectivity index (χ0) is 13.1. The number of hydrogen-bond acceptors (Lipinski definition) is 5. The summed E-state index contributed by atoms with van der Waals surface area (Å²) in [7, 11) is 0. The SMILES string of the molecule is Cc1ccc([N+](=O)[O-])c(NC(=O)c2ncn[nH]2)c1. The molecule has 8 nitrogen and oxygen atoms in total. The van der Waals surface area contributed by atoms with E-state index in [4.69, 9.17) is 0 Å². The van der Waals surface area contributed by atoms with Crippen LogP contribution in [-0.4, -0.2) is 26.0 Å². The van der Waals surface area contributed by atoms with E-state index >= 15 is 0 Å². The van der Waals surface area contributed by atoms with Gasteiger partial charge in [0.2, 0.25) is 5.82 Å². The summed E-state index contributed by atoms with van der Waals surface area (Å²) in [5.74, 6) is -0.591. The molecule has 0 saturated heterocycles. The van der Waals surface area contributed by atoms with E-state index in [0.29, 0.717) is 0 Å². The summed E-state index contributed by atoms with van der Waals surface area (Å²) in [5.41, 5.74) is 0.753. The molecular formula is C10H9N5O3. The summed E-state index contributed by atoms with van der Waals surface area (Å²) >= 11 is 0. The van der Waals surface area contributed by atoms with Crippen LogP contribution in [-0.2, 0) is 0 Å². The van der Waals surface area contributed by atoms with Gasteiger partial charge in [0.05, 0.1) is 4.92 Å². The second-order valence-electron chi connectivity index (χ2n) is 3.57. The van der Waals surface area contributed by atoms with Gasteiger partial charge in [-0.25, -0.2) is 4.98 Å². The highest BCUT2D eigenvalue weighted by molar-refractivity contribution is 6.02. The number of nitro groups is 1. The number of amides is 1. The second kappa shape index (κ2) is 4.62. The van der Waals surface area contributed by atoms with E-state index in [1.807, 2.05) is 0 Å². The lowest BCUT2D eigenvalue weighted by atomic mass is 10.2. The van der Waals surface area contributed by atoms with E-state index in [1.54, 1.807) is 13.0 Å². The lowest BCUT2D eigenvalue weighted by Gasteiger charge is -2.05. The first-order valence-electron chi connectivity index (χ1n) is 4.99. The van der Waals surface area contributed by atoms with Gasteiger partial charge in [0, 0.05) is 6.07 Å². The fraction of sp³-hybridized carbons (Fsp3) is 0.100. The molecule has 0 radical (unpaired) electrons. The third-order valence-corrected chi connectivity index (χ3v) is 2.23. The Morgan fingerprint density at radius 1 is 1.50 bits per heavy atom. The van der Waals surface area contributed by atoms with Crippen molar-refractivity contribution in [2.24, 2.45) is 0 Å². The van der Waals surface area contributed by atoms with E-state index in [0.717, 1.165) is 5.56 Å². The molecule has 1 heterocycles. The number of aromatic nitrogens is 3. The lowest BCUT2D eigenvalue weighted by Crippen LogP contribution is -2.15. The maximum atomic E-state index is 11.7. The van der Waals surface area contributed by atoms with Crippen molar-refractivity contribution in [3.63, 3.8) is 0 Å². The molecular weight excluding hydrogens is 238 g/mol. The maximum absolute atomic E-state index is 11.7. The Labute approximate surface area is 101 Å². The highest BCUT2D eigenvalue weighted by Gasteiger charge is 2.17. The Hall–Kier alpha value is -2.77. The van der Waals surface area contributed by atoms with Gasteiger partial charge in [-0.2, -0.15) is 5.10 Å². The first-order chi connectivity index (χ1) is 8.58. The van der Waals surface area contributed by atoms with E-state index in [1.165, 1.54) is 18.5 Å². The maximum Gasteiger partial charge on any atom is 0.293 e. The summed E-state index contributed by atoms with van der Waals surface area (Å²) < 4.78 is 0. The topological polar surface area (TPSA) is 114 Å². The van der Waals surface area contributed by atoms with Crippen molar-refractivity contribution in [3.05, 3.63) is 46.0 Å². The Balaban J connectivity index is 2.31. The van der Waals surface area contributed by atoms with Gasteiger partial charge in [-0.1, -0.05) is 6.07 Å². The highest BCUT2D eigenvalue weighted by atomic mass is 16.6. The number of anilines is 1. The number of carbonyl (C=O) groups excluding carboxylic acids is 1. The molecule has 18 heavy (non-hydrogen) atoms. The van der Waals surface area contributed by atoms with E-state index in [2.05, 4.69) is 20.5 Å². The number of aromatic amines is 1. The first-order valence-corrected chi connectivity index (χ1v) is 4.99. The standard InChI is InChI=1S/C10H9N5O3/c1-6-2-3-8(15(17)18)7(4-6)13-10(16)9-11-5-12-14-9/h2-5H,1H3,(H,13,16)(H,11,12,14). The van der Waals surface area contributed by atoms with Crippen LogP contribution >= 0.6 is 0 Å². The molecule has 1 aromatic carbocycles. The monoisotopic (exact) mass is 247 g/mol. The number of nitro benzene ring substituents is 1. The molecule has 0 aliphatic heterocycles. The number of carbonyl (C=O) groups is 1. The fourth-order valence-electron chi connectivity index (χ4n) is 1.41. The smallest absolute Gasteiger partial charge is 0.293 e. The Bertz CT molecular complexity index is 594. The number of benzene rings is 1. The summed E-state index contributed by atoms with van der Waals surface area (Å²) in [6.45, 7) is 1.77. The molecule has 8 heteroatoms. The molecule has 2 rings (SSSR count). The zero-order valence-corrected chi connectivity index (χ0v) is 9.38. The Morgan fingerprint density at radius 3 is 2.89 bits per heavy atom. The molecule has 1 aromatic heterocycles. The van der Waals surface area contributed by atoms with Crippen molar-refractivity contribution < 1.29 is 9.72 Å². The molecule has 0 atom stereocenters. The second-order valence-corrected chi connectivity index (χ2v) is 3.57. The van der Waals surface area contributed by atoms with Gasteiger partial charge in [-0.05, 0) is 18.6 Å². The van der Waals surface area contributed by atoms with Crippen LogP contribution in [0.3, 0.4) is 0 Å². The molecule has 0 saturated carbocycles. The van der Waals surface area contributed by atoms with Gasteiger partial charge < -0.3 is 5.32 Å². The molecule has 0 spiro atoms. The van der Waals surface area contributed by atoms with Crippen LogP contribution in [0, 0.1) is 17.0 Å². The van der Waals surface area contributed by atoms with Crippen molar-refractivity contribution in [3.8, 4) is 0 Å². The minimum absolute atomic E-state index is 0.00851. The predicted molar refractivity (Wildman–Crippen MR) is 62.2 cm³/mol. The average molecular weight is 247 g/mol. The van der Waals surface area contributed by atoms with Crippen LogP contribution in [0.4, 0.5) is 11.4 Å². The Kier molecular flexibility index (Phi) is 3.00. The average Bonchev–Trinajstić information content (AvgIpc) is 2.81. The number of H-pyrrole nitrogens is 1. The molecule has 0 aliphatic carbocycles. The van der Waals surface area contributed by atoms with Crippen molar-refractivity contribution in [1.82, 2.24) is 15.2 Å². The summed E-state index contributed by atoms with van der Waals surface area (Å²) in [4.78, 5) is 25.6. The first kappa shape index (κ1) is 11.7. The van der Waals surface area contributed by atoms with Gasteiger partial charge in [0.1, 0.15) is 12.0 Å². The highest BCUT2D eigenvalue weighted by Crippen LogP contribution is 2.25. The number of nitrogens with one attached hydrogen (secondary N) is 2. The molecule has 2 aromatic rings. The van der Waals surface area contributed by atoms with Crippen LogP contribution in [0.1, 0.15) is 16.2 Å². The quantitative estimate of drug-likeness (QED) is 0.626. The summed E-state index contributed by atoms with van der Waals surface area (Å²) in [6, 6.07) is 4.46. The van der Waals surface area contributed by atoms with Crippen LogP contribution in [0.25, 0.3) is 0 Å². The van der Waals surface area contributed by atoms with Crippen molar-refractivity contribution in [2.75, 3.05) is 5.32 Å². The minimum atomic E-state index is -0.582. The van der Waals surface area contributed by atoms with Crippen molar-refractivity contribution in [2.45, 2.75) is 6.92 Å². The summed E-state index contributed by atoms with van der Waals surface area (Å²) in [5, 5.41) is 19.1. The molecule has 0 fully saturated rings. The lowest BCUT2D eigenvalue weighted by molar-refractivity contribution is -0.383. The van der Waals surface area contributed by atoms with Gasteiger partial charge in [0.15, 0.2) is 0 Å². The van der Waals surface area contributed by atoms with Crippen LogP contribution < -0.4 is 5.32 Å². The molecule has 0 bridgehead atoms. The zero-order valence-electron chi connectivity index (χ0n) is 9.38. The van der Waals surface area contributed by atoms with Gasteiger partial charge in [-0.3, -0.25) is 20.0 Å². The molecule has 1 amide bonds. The minimum Gasteiger partial charge on any atom is -0.313 e. The van der Waals surface area contributed by atoms with E-state index in [-0.39, 0.29) is 17.2 Å². The number of nitrogens with zero attached hydrogens (tertiary/aromatic N) is 3. The predicted octanol–water partition coefficient (Wildman–Crippen LogP) is 1.27.